The van der Waals surface area contributed by atoms with Crippen molar-refractivity contribution >= 4 is 23.2 Å². The number of carbonyl (C=O) groups is 1. The number of halogens is 1. The number of piperazine rings is 1. The van der Waals surface area contributed by atoms with Crippen molar-refractivity contribution in [2.45, 2.75) is 26.0 Å². The lowest BCUT2D eigenvalue weighted by atomic mass is 10.1. The molecule has 6 heteroatoms. The van der Waals surface area contributed by atoms with Crippen LogP contribution < -0.4 is 10.1 Å². The topological polar surface area (TPSA) is 44.8 Å². The van der Waals surface area contributed by atoms with E-state index >= 15 is 0 Å². The number of ether oxygens (including phenoxy) is 1. The molecule has 0 aliphatic carbocycles. The highest BCUT2D eigenvalue weighted by Crippen LogP contribution is 2.22. The van der Waals surface area contributed by atoms with Gasteiger partial charge in [-0.05, 0) is 62.9 Å². The second kappa shape index (κ2) is 8.95. The van der Waals surface area contributed by atoms with Gasteiger partial charge in [0.2, 0.25) is 0 Å². The Kier molecular flexibility index (Phi) is 6.60. The maximum atomic E-state index is 12.7. The highest BCUT2D eigenvalue weighted by molar-refractivity contribution is 6.30. The maximum Gasteiger partial charge on any atom is 0.267 e. The van der Waals surface area contributed by atoms with Gasteiger partial charge in [0, 0.05) is 43.4 Å². The number of rotatable bonds is 6. The van der Waals surface area contributed by atoms with Crippen molar-refractivity contribution in [2.75, 3.05) is 38.5 Å². The lowest BCUT2D eigenvalue weighted by molar-refractivity contribution is -0.128. The third-order valence-electron chi connectivity index (χ3n) is 4.95. The highest BCUT2D eigenvalue weighted by atomic mass is 35.5. The number of benzene rings is 2. The summed E-state index contributed by atoms with van der Waals surface area (Å²) in [6.45, 7) is 8.83. The third kappa shape index (κ3) is 5.71. The first kappa shape index (κ1) is 20.6. The van der Waals surface area contributed by atoms with Crippen LogP contribution in [0.1, 0.15) is 19.4 Å². The molecule has 0 radical (unpaired) electrons. The number of nitrogens with zero attached hydrogens (tertiary/aromatic N) is 2. The Morgan fingerprint density at radius 3 is 2.25 bits per heavy atom. The zero-order valence-electron chi connectivity index (χ0n) is 16.7. The highest BCUT2D eigenvalue weighted by Gasteiger charge is 2.30. The monoisotopic (exact) mass is 401 g/mol. The molecule has 0 spiro atoms. The van der Waals surface area contributed by atoms with Gasteiger partial charge in [-0.15, -0.1) is 0 Å². The minimum Gasteiger partial charge on any atom is -0.478 e. The molecule has 0 bridgehead atoms. The van der Waals surface area contributed by atoms with Gasteiger partial charge < -0.3 is 15.0 Å². The van der Waals surface area contributed by atoms with Gasteiger partial charge in [-0.1, -0.05) is 23.7 Å². The summed E-state index contributed by atoms with van der Waals surface area (Å²) in [6, 6.07) is 15.0. The summed E-state index contributed by atoms with van der Waals surface area (Å²) in [6.07, 6.45) is 0. The summed E-state index contributed by atoms with van der Waals surface area (Å²) < 4.78 is 5.84. The lowest BCUT2D eigenvalue weighted by Gasteiger charge is -2.32. The number of hydrogen-bond donors (Lipinski definition) is 1. The van der Waals surface area contributed by atoms with Crippen LogP contribution >= 0.6 is 11.6 Å². The Hall–Kier alpha value is -2.08. The van der Waals surface area contributed by atoms with E-state index in [-0.39, 0.29) is 5.91 Å². The number of amides is 1. The maximum absolute atomic E-state index is 12.7. The molecule has 1 aliphatic heterocycles. The third-order valence-corrected chi connectivity index (χ3v) is 5.20. The van der Waals surface area contributed by atoms with Crippen LogP contribution in [0, 0.1) is 0 Å². The van der Waals surface area contributed by atoms with E-state index in [4.69, 9.17) is 16.3 Å². The predicted octanol–water partition coefficient (Wildman–Crippen LogP) is 3.88. The standard InChI is InChI=1S/C22H28ClN3O2/c1-22(2,28-20-10-6-18(23)7-11-20)21(27)24-19-8-4-17(5-9-19)16-26-14-12-25(3)13-15-26/h4-11H,12-16H2,1-3H3,(H,24,27). The van der Waals surface area contributed by atoms with Gasteiger partial charge in [0.1, 0.15) is 5.75 Å². The van der Waals surface area contributed by atoms with E-state index in [9.17, 15) is 4.79 Å². The summed E-state index contributed by atoms with van der Waals surface area (Å²) in [7, 11) is 2.16. The molecule has 1 heterocycles. The zero-order valence-corrected chi connectivity index (χ0v) is 17.5. The molecule has 5 nitrogen and oxygen atoms in total. The van der Waals surface area contributed by atoms with Crippen molar-refractivity contribution in [2.24, 2.45) is 0 Å². The molecule has 2 aromatic carbocycles. The second-order valence-electron chi connectivity index (χ2n) is 7.80. The van der Waals surface area contributed by atoms with E-state index in [1.807, 2.05) is 12.1 Å². The lowest BCUT2D eigenvalue weighted by Crippen LogP contribution is -2.43. The van der Waals surface area contributed by atoms with Crippen molar-refractivity contribution in [3.05, 3.63) is 59.1 Å². The van der Waals surface area contributed by atoms with Gasteiger partial charge in [-0.3, -0.25) is 9.69 Å². The average molecular weight is 402 g/mol. The molecule has 1 aliphatic rings. The Morgan fingerprint density at radius 2 is 1.64 bits per heavy atom. The fraction of sp³-hybridized carbons (Fsp3) is 0.409. The molecule has 0 aromatic heterocycles. The zero-order chi connectivity index (χ0) is 20.1. The van der Waals surface area contributed by atoms with E-state index in [0.29, 0.717) is 10.8 Å². The Bertz CT molecular complexity index is 782. The summed E-state index contributed by atoms with van der Waals surface area (Å²) >= 11 is 5.89. The quantitative estimate of drug-likeness (QED) is 0.797. The van der Waals surface area contributed by atoms with Crippen molar-refractivity contribution in [1.82, 2.24) is 9.80 Å². The normalized spacial score (nSPS) is 16.0. The Morgan fingerprint density at radius 1 is 1.04 bits per heavy atom. The smallest absolute Gasteiger partial charge is 0.267 e. The van der Waals surface area contributed by atoms with Crippen molar-refractivity contribution in [1.29, 1.82) is 0 Å². The Labute approximate surface area is 172 Å². The number of likely N-dealkylation sites (N-methyl/N-ethyl adjacent to an activating group) is 1. The van der Waals surface area contributed by atoms with Crippen molar-refractivity contribution in [3.63, 3.8) is 0 Å². The van der Waals surface area contributed by atoms with E-state index in [2.05, 4.69) is 34.3 Å². The molecule has 0 unspecified atom stereocenters. The van der Waals surface area contributed by atoms with Crippen LogP contribution in [0.5, 0.6) is 5.75 Å². The number of anilines is 1. The van der Waals surface area contributed by atoms with Gasteiger partial charge in [-0.2, -0.15) is 0 Å². The molecule has 1 N–H and O–H groups in total. The first-order valence-electron chi connectivity index (χ1n) is 9.58. The van der Waals surface area contributed by atoms with Crippen LogP contribution in [0.2, 0.25) is 5.02 Å². The van der Waals surface area contributed by atoms with Crippen LogP contribution in [0.3, 0.4) is 0 Å². The minimum absolute atomic E-state index is 0.200. The van der Waals surface area contributed by atoms with Gasteiger partial charge in [0.25, 0.3) is 5.91 Å². The molecule has 0 atom stereocenters. The van der Waals surface area contributed by atoms with Gasteiger partial charge >= 0.3 is 0 Å². The van der Waals surface area contributed by atoms with E-state index < -0.39 is 5.60 Å². The molecular weight excluding hydrogens is 374 g/mol. The number of hydrogen-bond acceptors (Lipinski definition) is 4. The SMILES string of the molecule is CN1CCN(Cc2ccc(NC(=O)C(C)(C)Oc3ccc(Cl)cc3)cc2)CC1. The minimum atomic E-state index is -1.01. The number of carbonyl (C=O) groups excluding carboxylic acids is 1. The van der Waals surface area contributed by atoms with E-state index in [1.165, 1.54) is 5.56 Å². The van der Waals surface area contributed by atoms with E-state index in [0.717, 1.165) is 38.4 Å². The molecule has 1 amide bonds. The van der Waals surface area contributed by atoms with Crippen LogP contribution in [-0.2, 0) is 11.3 Å². The van der Waals surface area contributed by atoms with E-state index in [1.54, 1.807) is 38.1 Å². The molecular formula is C22H28ClN3O2. The van der Waals surface area contributed by atoms with Crippen molar-refractivity contribution in [3.8, 4) is 5.75 Å². The van der Waals surface area contributed by atoms with Crippen LogP contribution in [-0.4, -0.2) is 54.5 Å². The first-order valence-corrected chi connectivity index (χ1v) is 9.95. The predicted molar refractivity (Wildman–Crippen MR) is 114 cm³/mol. The summed E-state index contributed by atoms with van der Waals surface area (Å²) in [5, 5.41) is 3.57. The summed E-state index contributed by atoms with van der Waals surface area (Å²) in [4.78, 5) is 17.5. The average Bonchev–Trinajstić information content (AvgIpc) is 2.67. The molecule has 0 saturated carbocycles. The van der Waals surface area contributed by atoms with Gasteiger partial charge in [0.05, 0.1) is 0 Å². The molecule has 150 valence electrons. The summed E-state index contributed by atoms with van der Waals surface area (Å²) in [5.41, 5.74) is 1.01. The Balaban J connectivity index is 1.55. The molecule has 28 heavy (non-hydrogen) atoms. The second-order valence-corrected chi connectivity index (χ2v) is 8.23. The molecule has 2 aromatic rings. The van der Waals surface area contributed by atoms with Crippen molar-refractivity contribution < 1.29 is 9.53 Å². The fourth-order valence-electron chi connectivity index (χ4n) is 3.08. The largest absolute Gasteiger partial charge is 0.478 e. The van der Waals surface area contributed by atoms with Crippen LogP contribution in [0.4, 0.5) is 5.69 Å². The first-order chi connectivity index (χ1) is 13.3. The molecule has 1 saturated heterocycles. The van der Waals surface area contributed by atoms with Crippen LogP contribution in [0.15, 0.2) is 48.5 Å². The molecule has 1 fully saturated rings. The summed E-state index contributed by atoms with van der Waals surface area (Å²) in [5.74, 6) is 0.404. The van der Waals surface area contributed by atoms with Crippen LogP contribution in [0.25, 0.3) is 0 Å². The molecule has 3 rings (SSSR count). The number of nitrogens with one attached hydrogen (secondary N) is 1. The van der Waals surface area contributed by atoms with Gasteiger partial charge in [-0.25, -0.2) is 0 Å². The fourth-order valence-corrected chi connectivity index (χ4v) is 3.21. The van der Waals surface area contributed by atoms with Gasteiger partial charge in [0.15, 0.2) is 5.60 Å².